The number of benzene rings is 1. The summed E-state index contributed by atoms with van der Waals surface area (Å²) in [5.41, 5.74) is 6.41. The fourth-order valence-corrected chi connectivity index (χ4v) is 2.69. The highest BCUT2D eigenvalue weighted by Crippen LogP contribution is 2.38. The molecule has 2 aliphatic carbocycles. The second-order valence-electron chi connectivity index (χ2n) is 5.29. The van der Waals surface area contributed by atoms with Crippen molar-refractivity contribution in [2.75, 3.05) is 0 Å². The molecular weight excluding hydrogens is 168 g/mol. The van der Waals surface area contributed by atoms with Crippen LogP contribution in [0.25, 0.3) is 6.08 Å². The molecule has 1 radical (unpaired) electrons. The summed E-state index contributed by atoms with van der Waals surface area (Å²) in [6.07, 6.45) is 9.04. The summed E-state index contributed by atoms with van der Waals surface area (Å²) >= 11 is 0. The Kier molecular flexibility index (Phi) is 1.48. The van der Waals surface area contributed by atoms with Crippen molar-refractivity contribution in [3.8, 4) is 0 Å². The van der Waals surface area contributed by atoms with Gasteiger partial charge in [0.15, 0.2) is 0 Å². The van der Waals surface area contributed by atoms with Crippen LogP contribution in [0.4, 0.5) is 0 Å². The Morgan fingerprint density at radius 3 is 2.36 bits per heavy atom. The van der Waals surface area contributed by atoms with E-state index in [4.69, 9.17) is 0 Å². The first-order valence-corrected chi connectivity index (χ1v) is 5.31. The minimum absolute atomic E-state index is 0.473. The predicted molar refractivity (Wildman–Crippen MR) is 60.1 cm³/mol. The van der Waals surface area contributed by atoms with Crippen LogP contribution < -0.4 is 0 Å². The van der Waals surface area contributed by atoms with Crippen molar-refractivity contribution in [2.24, 2.45) is 5.41 Å². The summed E-state index contributed by atoms with van der Waals surface area (Å²) in [6, 6.07) is 4.75. The van der Waals surface area contributed by atoms with Crippen LogP contribution in [0.2, 0.25) is 0 Å². The Morgan fingerprint density at radius 2 is 1.64 bits per heavy atom. The molecule has 14 heavy (non-hydrogen) atoms. The normalized spacial score (nSPS) is 21.0. The van der Waals surface area contributed by atoms with Crippen LogP contribution in [0, 0.1) is 11.8 Å². The zero-order valence-corrected chi connectivity index (χ0v) is 8.80. The van der Waals surface area contributed by atoms with Crippen LogP contribution in [0.1, 0.15) is 36.1 Å². The molecule has 0 amide bonds. The fourth-order valence-electron chi connectivity index (χ4n) is 2.69. The Hall–Kier alpha value is -1.04. The van der Waals surface area contributed by atoms with E-state index in [1.54, 1.807) is 11.1 Å². The molecule has 1 aromatic carbocycles. The first kappa shape index (κ1) is 8.28. The van der Waals surface area contributed by atoms with Gasteiger partial charge in [0.2, 0.25) is 0 Å². The Bertz CT molecular complexity index is 422. The van der Waals surface area contributed by atoms with Crippen molar-refractivity contribution in [3.63, 3.8) is 0 Å². The number of fused-ring (bicyclic) bond motifs is 2. The number of allylic oxidation sites excluding steroid dienone is 1. The third-order valence-corrected chi connectivity index (χ3v) is 3.29. The summed E-state index contributed by atoms with van der Waals surface area (Å²) in [5, 5.41) is 0. The van der Waals surface area contributed by atoms with E-state index in [1.807, 2.05) is 0 Å². The van der Waals surface area contributed by atoms with Gasteiger partial charge in [-0.15, -0.1) is 0 Å². The van der Waals surface area contributed by atoms with E-state index < -0.39 is 0 Å². The van der Waals surface area contributed by atoms with Gasteiger partial charge >= 0.3 is 0 Å². The van der Waals surface area contributed by atoms with E-state index in [2.05, 4.69) is 44.6 Å². The summed E-state index contributed by atoms with van der Waals surface area (Å²) in [6.45, 7) is 4.72. The molecule has 0 unspecified atom stereocenters. The molecule has 0 atom stereocenters. The molecule has 0 heteroatoms. The molecule has 1 aromatic rings. The van der Waals surface area contributed by atoms with E-state index in [1.165, 1.54) is 24.0 Å². The zero-order chi connectivity index (χ0) is 9.76. The second kappa shape index (κ2) is 2.50. The summed E-state index contributed by atoms with van der Waals surface area (Å²) < 4.78 is 0. The molecule has 0 saturated heterocycles. The lowest BCUT2D eigenvalue weighted by atomic mass is 9.90. The molecule has 0 aromatic heterocycles. The lowest BCUT2D eigenvalue weighted by Crippen LogP contribution is -2.09. The van der Waals surface area contributed by atoms with Crippen molar-refractivity contribution >= 4 is 6.08 Å². The third kappa shape index (κ3) is 1.13. The molecule has 0 aliphatic heterocycles. The average Bonchev–Trinajstić information content (AvgIpc) is 2.59. The molecule has 0 bridgehead atoms. The Balaban J connectivity index is 2.11. The van der Waals surface area contributed by atoms with Crippen LogP contribution in [0.15, 0.2) is 18.2 Å². The Labute approximate surface area is 85.6 Å². The van der Waals surface area contributed by atoms with Gasteiger partial charge in [-0.1, -0.05) is 38.1 Å². The maximum absolute atomic E-state index is 2.37. The molecule has 0 saturated carbocycles. The van der Waals surface area contributed by atoms with Crippen molar-refractivity contribution in [1.82, 2.24) is 0 Å². The quantitative estimate of drug-likeness (QED) is 0.578. The first-order chi connectivity index (χ1) is 6.64. The van der Waals surface area contributed by atoms with E-state index in [0.29, 0.717) is 5.41 Å². The van der Waals surface area contributed by atoms with Gasteiger partial charge in [-0.05, 0) is 40.5 Å². The van der Waals surface area contributed by atoms with Gasteiger partial charge in [-0.25, -0.2) is 0 Å². The second-order valence-corrected chi connectivity index (χ2v) is 5.29. The predicted octanol–water partition coefficient (Wildman–Crippen LogP) is 3.39. The largest absolute Gasteiger partial charge is 0.0755 e. The summed E-state index contributed by atoms with van der Waals surface area (Å²) in [5.74, 6) is 0. The van der Waals surface area contributed by atoms with Crippen molar-refractivity contribution in [2.45, 2.75) is 26.7 Å². The molecule has 0 fully saturated rings. The lowest BCUT2D eigenvalue weighted by Gasteiger charge is -2.14. The van der Waals surface area contributed by atoms with Gasteiger partial charge < -0.3 is 0 Å². The van der Waals surface area contributed by atoms with Crippen molar-refractivity contribution < 1.29 is 0 Å². The first-order valence-electron chi connectivity index (χ1n) is 5.31. The SMILES string of the molecule is CC1(C)Cc2cc3c(cc2C1)C=C[CH]3. The summed E-state index contributed by atoms with van der Waals surface area (Å²) in [4.78, 5) is 0. The lowest BCUT2D eigenvalue weighted by molar-refractivity contribution is 0.392. The number of hydrogen-bond acceptors (Lipinski definition) is 0. The van der Waals surface area contributed by atoms with E-state index in [9.17, 15) is 0 Å². The molecule has 0 spiro atoms. The monoisotopic (exact) mass is 183 g/mol. The Morgan fingerprint density at radius 1 is 1.00 bits per heavy atom. The maximum Gasteiger partial charge on any atom is 0.0131 e. The van der Waals surface area contributed by atoms with Crippen LogP contribution in [-0.2, 0) is 12.8 Å². The van der Waals surface area contributed by atoms with Crippen LogP contribution in [0.3, 0.4) is 0 Å². The highest BCUT2D eigenvalue weighted by Gasteiger charge is 2.29. The fraction of sp³-hybridized carbons (Fsp3) is 0.357. The van der Waals surface area contributed by atoms with Gasteiger partial charge in [0.25, 0.3) is 0 Å². The molecular formula is C14H15. The van der Waals surface area contributed by atoms with E-state index >= 15 is 0 Å². The van der Waals surface area contributed by atoms with Crippen LogP contribution in [0.5, 0.6) is 0 Å². The van der Waals surface area contributed by atoms with Gasteiger partial charge in [0.05, 0.1) is 0 Å². The van der Waals surface area contributed by atoms with E-state index in [-0.39, 0.29) is 0 Å². The molecule has 0 nitrogen and oxygen atoms in total. The topological polar surface area (TPSA) is 0 Å². The third-order valence-electron chi connectivity index (χ3n) is 3.29. The molecule has 2 aliphatic rings. The minimum atomic E-state index is 0.473. The van der Waals surface area contributed by atoms with E-state index in [0.717, 1.165) is 0 Å². The van der Waals surface area contributed by atoms with Gasteiger partial charge in [0.1, 0.15) is 0 Å². The smallest absolute Gasteiger partial charge is 0.0131 e. The van der Waals surface area contributed by atoms with Crippen LogP contribution >= 0.6 is 0 Å². The number of hydrogen-bond donors (Lipinski definition) is 0. The highest BCUT2D eigenvalue weighted by molar-refractivity contribution is 5.67. The van der Waals surface area contributed by atoms with Gasteiger partial charge in [0, 0.05) is 6.42 Å². The molecule has 3 rings (SSSR count). The number of rotatable bonds is 0. The molecule has 71 valence electrons. The van der Waals surface area contributed by atoms with Gasteiger partial charge in [-0.2, -0.15) is 0 Å². The van der Waals surface area contributed by atoms with Crippen molar-refractivity contribution in [1.29, 1.82) is 0 Å². The van der Waals surface area contributed by atoms with Gasteiger partial charge in [-0.3, -0.25) is 0 Å². The summed E-state index contributed by atoms with van der Waals surface area (Å²) in [7, 11) is 0. The standard InChI is InChI=1S/C14H15/c1-14(2)8-12-6-10-4-3-5-11(10)7-13(12)9-14/h3-7H,8-9H2,1-2H3. The molecule has 0 N–H and O–H groups in total. The van der Waals surface area contributed by atoms with Crippen molar-refractivity contribution in [3.05, 3.63) is 46.9 Å². The average molecular weight is 183 g/mol. The minimum Gasteiger partial charge on any atom is -0.0755 e. The highest BCUT2D eigenvalue weighted by atomic mass is 14.3. The maximum atomic E-state index is 2.37. The van der Waals surface area contributed by atoms with Crippen LogP contribution in [-0.4, -0.2) is 0 Å². The zero-order valence-electron chi connectivity index (χ0n) is 8.80. The molecule has 0 heterocycles.